The highest BCUT2D eigenvalue weighted by atomic mass is 16.3. The van der Waals surface area contributed by atoms with E-state index >= 15 is 0 Å². The summed E-state index contributed by atoms with van der Waals surface area (Å²) < 4.78 is 1.82. The van der Waals surface area contributed by atoms with E-state index in [1.807, 2.05) is 48.1 Å². The van der Waals surface area contributed by atoms with Gasteiger partial charge in [0.15, 0.2) is 0 Å². The van der Waals surface area contributed by atoms with E-state index in [1.54, 1.807) is 6.20 Å². The molecule has 0 aliphatic heterocycles. The normalized spacial score (nSPS) is 11.9. The zero-order chi connectivity index (χ0) is 15.8. The number of benzene rings is 1. The Morgan fingerprint density at radius 3 is 3.00 bits per heavy atom. The van der Waals surface area contributed by atoms with E-state index in [2.05, 4.69) is 15.7 Å². The highest BCUT2D eigenvalue weighted by Gasteiger charge is 2.06. The van der Waals surface area contributed by atoms with Crippen LogP contribution in [0.15, 0.2) is 42.7 Å². The van der Waals surface area contributed by atoms with Gasteiger partial charge in [-0.1, -0.05) is 25.5 Å². The Morgan fingerprint density at radius 2 is 2.27 bits per heavy atom. The highest BCUT2D eigenvalue weighted by molar-refractivity contribution is 5.89. The Hall–Kier alpha value is -2.34. The van der Waals surface area contributed by atoms with E-state index in [-0.39, 0.29) is 12.6 Å². The number of anilines is 1. The van der Waals surface area contributed by atoms with Crippen molar-refractivity contribution >= 4 is 11.7 Å². The van der Waals surface area contributed by atoms with Gasteiger partial charge in [0.2, 0.25) is 0 Å². The molecule has 2 aromatic rings. The predicted octanol–water partition coefficient (Wildman–Crippen LogP) is 2.21. The number of carbonyl (C=O) groups excluding carboxylic acids is 1. The fraction of sp³-hybridized carbons (Fsp3) is 0.375. The van der Waals surface area contributed by atoms with Crippen LogP contribution in [0.1, 0.15) is 25.3 Å². The minimum absolute atomic E-state index is 0.257. The second-order valence-electron chi connectivity index (χ2n) is 5.18. The molecule has 0 aliphatic carbocycles. The maximum atomic E-state index is 11.8. The predicted molar refractivity (Wildman–Crippen MR) is 85.7 cm³/mol. The molecule has 22 heavy (non-hydrogen) atoms. The molecule has 0 aliphatic rings. The number of aliphatic hydroxyl groups excluding tert-OH is 1. The lowest BCUT2D eigenvalue weighted by molar-refractivity contribution is 0.162. The average molecular weight is 302 g/mol. The minimum Gasteiger partial charge on any atom is -0.391 e. The number of urea groups is 1. The first kappa shape index (κ1) is 16.0. The molecular weight excluding hydrogens is 280 g/mol. The zero-order valence-corrected chi connectivity index (χ0v) is 12.7. The van der Waals surface area contributed by atoms with Gasteiger partial charge in [0.05, 0.1) is 12.6 Å². The number of aliphatic hydroxyl groups is 1. The molecule has 1 unspecified atom stereocenters. The second-order valence-corrected chi connectivity index (χ2v) is 5.18. The van der Waals surface area contributed by atoms with Gasteiger partial charge in [-0.15, -0.1) is 0 Å². The molecule has 0 saturated carbocycles. The van der Waals surface area contributed by atoms with Gasteiger partial charge < -0.3 is 15.7 Å². The number of hydrogen-bond acceptors (Lipinski definition) is 3. The summed E-state index contributed by atoms with van der Waals surface area (Å²) in [6.07, 6.45) is 4.69. The number of amides is 2. The van der Waals surface area contributed by atoms with E-state index < -0.39 is 6.10 Å². The molecule has 0 spiro atoms. The summed E-state index contributed by atoms with van der Waals surface area (Å²) in [4.78, 5) is 11.8. The zero-order valence-electron chi connectivity index (χ0n) is 12.7. The van der Waals surface area contributed by atoms with Crippen LogP contribution in [0.25, 0.3) is 0 Å². The Kier molecular flexibility index (Phi) is 5.97. The van der Waals surface area contributed by atoms with Crippen molar-refractivity contribution in [1.29, 1.82) is 0 Å². The Bertz CT molecular complexity index is 584. The molecule has 3 N–H and O–H groups in total. The number of aromatic nitrogens is 2. The molecule has 1 heterocycles. The van der Waals surface area contributed by atoms with Gasteiger partial charge in [-0.2, -0.15) is 5.10 Å². The van der Waals surface area contributed by atoms with Gasteiger partial charge in [0.1, 0.15) is 0 Å². The molecule has 1 atom stereocenters. The van der Waals surface area contributed by atoms with E-state index in [9.17, 15) is 9.90 Å². The minimum atomic E-state index is -0.498. The number of hydrogen-bond donors (Lipinski definition) is 3. The molecule has 0 fully saturated rings. The van der Waals surface area contributed by atoms with Crippen molar-refractivity contribution in [3.63, 3.8) is 0 Å². The lowest BCUT2D eigenvalue weighted by Gasteiger charge is -2.12. The maximum absolute atomic E-state index is 11.8. The van der Waals surface area contributed by atoms with Crippen molar-refractivity contribution < 1.29 is 9.90 Å². The van der Waals surface area contributed by atoms with Crippen molar-refractivity contribution in [3.05, 3.63) is 48.3 Å². The monoisotopic (exact) mass is 302 g/mol. The number of nitrogens with zero attached hydrogens (tertiary/aromatic N) is 2. The van der Waals surface area contributed by atoms with Crippen LogP contribution >= 0.6 is 0 Å². The largest absolute Gasteiger partial charge is 0.391 e. The lowest BCUT2D eigenvalue weighted by atomic mass is 10.2. The van der Waals surface area contributed by atoms with Crippen molar-refractivity contribution in [2.24, 2.45) is 0 Å². The molecule has 2 rings (SSSR count). The molecule has 0 bridgehead atoms. The number of nitrogens with one attached hydrogen (secondary N) is 2. The third kappa shape index (κ3) is 5.21. The van der Waals surface area contributed by atoms with Gasteiger partial charge in [-0.3, -0.25) is 4.68 Å². The van der Waals surface area contributed by atoms with Gasteiger partial charge in [0.25, 0.3) is 0 Å². The molecule has 0 saturated heterocycles. The highest BCUT2D eigenvalue weighted by Crippen LogP contribution is 2.11. The third-order valence-electron chi connectivity index (χ3n) is 3.21. The van der Waals surface area contributed by atoms with Crippen molar-refractivity contribution in [3.8, 4) is 0 Å². The van der Waals surface area contributed by atoms with Crippen molar-refractivity contribution in [1.82, 2.24) is 15.1 Å². The summed E-state index contributed by atoms with van der Waals surface area (Å²) in [5.41, 5.74) is 1.76. The van der Waals surface area contributed by atoms with Crippen LogP contribution < -0.4 is 10.6 Å². The summed E-state index contributed by atoms with van der Waals surface area (Å²) in [6, 6.07) is 9.16. The Labute approximate surface area is 130 Å². The molecule has 1 aromatic carbocycles. The van der Waals surface area contributed by atoms with Crippen LogP contribution in [-0.4, -0.2) is 33.6 Å². The second kappa shape index (κ2) is 8.19. The van der Waals surface area contributed by atoms with E-state index in [0.29, 0.717) is 18.7 Å². The molecule has 118 valence electrons. The van der Waals surface area contributed by atoms with Gasteiger partial charge >= 0.3 is 6.03 Å². The Morgan fingerprint density at radius 1 is 1.41 bits per heavy atom. The van der Waals surface area contributed by atoms with E-state index in [4.69, 9.17) is 0 Å². The first-order valence-corrected chi connectivity index (χ1v) is 7.46. The van der Waals surface area contributed by atoms with Crippen LogP contribution in [0.2, 0.25) is 0 Å². The van der Waals surface area contributed by atoms with Crippen LogP contribution in [0.3, 0.4) is 0 Å². The SMILES string of the molecule is CCCC(O)CNC(=O)Nc1cccc(Cn2cccn2)c1. The van der Waals surface area contributed by atoms with Gasteiger partial charge in [-0.25, -0.2) is 4.79 Å². The van der Waals surface area contributed by atoms with Crippen LogP contribution in [-0.2, 0) is 6.54 Å². The standard InChI is InChI=1S/C16H22N4O2/c1-2-5-15(21)11-17-16(22)19-14-7-3-6-13(10-14)12-20-9-4-8-18-20/h3-4,6-10,15,21H,2,5,11-12H2,1H3,(H2,17,19,22). The van der Waals surface area contributed by atoms with E-state index in [0.717, 1.165) is 12.0 Å². The summed E-state index contributed by atoms with van der Waals surface area (Å²) in [7, 11) is 0. The molecule has 1 aromatic heterocycles. The van der Waals surface area contributed by atoms with Crippen molar-refractivity contribution in [2.75, 3.05) is 11.9 Å². The van der Waals surface area contributed by atoms with Crippen LogP contribution in [0.5, 0.6) is 0 Å². The van der Waals surface area contributed by atoms with Crippen molar-refractivity contribution in [2.45, 2.75) is 32.4 Å². The topological polar surface area (TPSA) is 79.2 Å². The molecule has 6 nitrogen and oxygen atoms in total. The molecule has 0 radical (unpaired) electrons. The quantitative estimate of drug-likeness (QED) is 0.733. The number of carbonyl (C=O) groups is 1. The van der Waals surface area contributed by atoms with E-state index in [1.165, 1.54) is 0 Å². The average Bonchev–Trinajstić information content (AvgIpc) is 2.99. The maximum Gasteiger partial charge on any atom is 0.319 e. The summed E-state index contributed by atoms with van der Waals surface area (Å²) >= 11 is 0. The van der Waals surface area contributed by atoms with Crippen LogP contribution in [0, 0.1) is 0 Å². The first-order valence-electron chi connectivity index (χ1n) is 7.46. The van der Waals surface area contributed by atoms with Crippen LogP contribution in [0.4, 0.5) is 10.5 Å². The van der Waals surface area contributed by atoms with Gasteiger partial charge in [0, 0.05) is 24.6 Å². The summed E-state index contributed by atoms with van der Waals surface area (Å²) in [5, 5.41) is 19.2. The smallest absolute Gasteiger partial charge is 0.319 e. The fourth-order valence-corrected chi connectivity index (χ4v) is 2.15. The fourth-order valence-electron chi connectivity index (χ4n) is 2.15. The third-order valence-corrected chi connectivity index (χ3v) is 3.21. The first-order chi connectivity index (χ1) is 10.7. The number of rotatable bonds is 7. The van der Waals surface area contributed by atoms with Gasteiger partial charge in [-0.05, 0) is 30.2 Å². The lowest BCUT2D eigenvalue weighted by Crippen LogP contribution is -2.35. The molecule has 6 heteroatoms. The Balaban J connectivity index is 1.85. The summed E-state index contributed by atoms with van der Waals surface area (Å²) in [6.45, 7) is 2.90. The summed E-state index contributed by atoms with van der Waals surface area (Å²) in [5.74, 6) is 0. The molecule has 2 amide bonds. The molecular formula is C16H22N4O2.